The molecule has 0 aliphatic carbocycles. The molecule has 0 bridgehead atoms. The lowest BCUT2D eigenvalue weighted by atomic mass is 10.0. The van der Waals surface area contributed by atoms with Gasteiger partial charge in [0.25, 0.3) is 5.91 Å². The molecule has 0 aromatic carbocycles. The molecule has 1 aliphatic heterocycles. The Bertz CT molecular complexity index is 852. The number of pyridine rings is 1. The molecule has 4 heterocycles. The van der Waals surface area contributed by atoms with Crippen molar-refractivity contribution in [2.45, 2.75) is 25.3 Å². The van der Waals surface area contributed by atoms with E-state index in [4.69, 9.17) is 4.52 Å². The van der Waals surface area contributed by atoms with Gasteiger partial charge >= 0.3 is 0 Å². The average Bonchev–Trinajstić information content (AvgIpc) is 3.19. The van der Waals surface area contributed by atoms with E-state index in [2.05, 4.69) is 25.1 Å². The zero-order valence-electron chi connectivity index (χ0n) is 13.4. The van der Waals surface area contributed by atoms with E-state index < -0.39 is 0 Å². The largest absolute Gasteiger partial charge is 0.337 e. The summed E-state index contributed by atoms with van der Waals surface area (Å²) in [5.41, 5.74) is 0.556. The summed E-state index contributed by atoms with van der Waals surface area (Å²) in [4.78, 5) is 31.3. The molecule has 0 saturated carbocycles. The minimum atomic E-state index is -0.244. The van der Waals surface area contributed by atoms with Crippen LogP contribution >= 0.6 is 0 Å². The minimum Gasteiger partial charge on any atom is -0.337 e. The number of rotatable bonds is 3. The second kappa shape index (κ2) is 6.76. The third-order valence-corrected chi connectivity index (χ3v) is 4.16. The van der Waals surface area contributed by atoms with Gasteiger partial charge in [0.15, 0.2) is 0 Å². The van der Waals surface area contributed by atoms with E-state index >= 15 is 0 Å². The molecule has 3 aromatic rings. The lowest BCUT2D eigenvalue weighted by molar-refractivity contribution is 0.0561. The summed E-state index contributed by atoms with van der Waals surface area (Å²) < 4.78 is 5.42. The predicted octanol–water partition coefficient (Wildman–Crippen LogP) is 2.29. The number of carbonyl (C=O) groups excluding carboxylic acids is 1. The number of hydrogen-bond acceptors (Lipinski definition) is 7. The number of carbonyl (C=O) groups is 1. The van der Waals surface area contributed by atoms with Crippen LogP contribution in [0, 0.1) is 0 Å². The Hall–Kier alpha value is -3.16. The van der Waals surface area contributed by atoms with Crippen molar-refractivity contribution >= 4 is 5.91 Å². The van der Waals surface area contributed by atoms with Crippen molar-refractivity contribution in [2.75, 3.05) is 6.54 Å². The highest BCUT2D eigenvalue weighted by Gasteiger charge is 2.33. The summed E-state index contributed by atoms with van der Waals surface area (Å²) in [6.45, 7) is 0.651. The lowest BCUT2D eigenvalue weighted by Gasteiger charge is -2.33. The van der Waals surface area contributed by atoms with Crippen molar-refractivity contribution in [3.63, 3.8) is 0 Å². The van der Waals surface area contributed by atoms with Gasteiger partial charge < -0.3 is 9.42 Å². The van der Waals surface area contributed by atoms with Crippen LogP contribution in [0.15, 0.2) is 47.5 Å². The standard InChI is InChI=1S/C17H16N6O2/c24-17(12-5-3-7-18-11-12)23-10-2-1-6-13(23)16-21-15(22-25-16)14-19-8-4-9-20-14/h3-5,7-9,11,13H,1-2,6,10H2/t13-/m0/s1. The average molecular weight is 336 g/mol. The smallest absolute Gasteiger partial charge is 0.256 e. The van der Waals surface area contributed by atoms with Crippen molar-refractivity contribution in [1.29, 1.82) is 0 Å². The highest BCUT2D eigenvalue weighted by Crippen LogP contribution is 2.31. The maximum atomic E-state index is 12.8. The summed E-state index contributed by atoms with van der Waals surface area (Å²) in [6, 6.07) is 4.99. The maximum absolute atomic E-state index is 12.8. The van der Waals surface area contributed by atoms with Gasteiger partial charge in [0, 0.05) is 31.3 Å². The molecule has 1 amide bonds. The SMILES string of the molecule is O=C(c1cccnc1)N1CCCC[C@H]1c1nc(-c2ncccn2)no1. The number of nitrogens with zero attached hydrogens (tertiary/aromatic N) is 6. The second-order valence-corrected chi connectivity index (χ2v) is 5.78. The monoisotopic (exact) mass is 336 g/mol. The fourth-order valence-electron chi connectivity index (χ4n) is 2.96. The van der Waals surface area contributed by atoms with Gasteiger partial charge in [-0.1, -0.05) is 5.16 Å². The zero-order chi connectivity index (χ0) is 17.1. The topological polar surface area (TPSA) is 97.9 Å². The van der Waals surface area contributed by atoms with Crippen LogP contribution in [0.2, 0.25) is 0 Å². The van der Waals surface area contributed by atoms with E-state index in [0.29, 0.717) is 29.6 Å². The molecule has 1 saturated heterocycles. The van der Waals surface area contributed by atoms with Crippen LogP contribution in [0.4, 0.5) is 0 Å². The first-order chi connectivity index (χ1) is 12.3. The fourth-order valence-corrected chi connectivity index (χ4v) is 2.96. The van der Waals surface area contributed by atoms with E-state index in [1.165, 1.54) is 0 Å². The summed E-state index contributed by atoms with van der Waals surface area (Å²) in [6.07, 6.45) is 9.20. The summed E-state index contributed by atoms with van der Waals surface area (Å²) in [5, 5.41) is 3.97. The Kier molecular flexibility index (Phi) is 4.16. The molecule has 0 spiro atoms. The first-order valence-electron chi connectivity index (χ1n) is 8.15. The van der Waals surface area contributed by atoms with E-state index in [-0.39, 0.29) is 11.9 Å². The van der Waals surface area contributed by atoms with Gasteiger partial charge in [-0.15, -0.1) is 0 Å². The van der Waals surface area contributed by atoms with Gasteiger partial charge in [0.1, 0.15) is 6.04 Å². The quantitative estimate of drug-likeness (QED) is 0.723. The van der Waals surface area contributed by atoms with Crippen LogP contribution in [0.1, 0.15) is 41.6 Å². The van der Waals surface area contributed by atoms with Crippen molar-refractivity contribution in [3.8, 4) is 11.6 Å². The highest BCUT2D eigenvalue weighted by atomic mass is 16.5. The lowest BCUT2D eigenvalue weighted by Crippen LogP contribution is -2.38. The Balaban J connectivity index is 1.62. The van der Waals surface area contributed by atoms with Gasteiger partial charge in [-0.2, -0.15) is 4.98 Å². The first kappa shape index (κ1) is 15.4. The molecule has 0 N–H and O–H groups in total. The number of amides is 1. The molecule has 1 fully saturated rings. The number of aromatic nitrogens is 5. The first-order valence-corrected chi connectivity index (χ1v) is 8.15. The molecular formula is C17H16N6O2. The summed E-state index contributed by atoms with van der Waals surface area (Å²) in [5.74, 6) is 1.07. The number of piperidine rings is 1. The van der Waals surface area contributed by atoms with E-state index in [0.717, 1.165) is 19.3 Å². The maximum Gasteiger partial charge on any atom is 0.256 e. The molecule has 8 nitrogen and oxygen atoms in total. The van der Waals surface area contributed by atoms with Crippen LogP contribution in [0.25, 0.3) is 11.6 Å². The number of hydrogen-bond donors (Lipinski definition) is 0. The van der Waals surface area contributed by atoms with E-state index in [1.54, 1.807) is 47.9 Å². The van der Waals surface area contributed by atoms with Gasteiger partial charge in [-0.05, 0) is 37.5 Å². The van der Waals surface area contributed by atoms with Gasteiger partial charge in [0.05, 0.1) is 5.56 Å². The normalized spacial score (nSPS) is 17.4. The Morgan fingerprint density at radius 3 is 2.80 bits per heavy atom. The van der Waals surface area contributed by atoms with Crippen molar-refractivity contribution in [3.05, 3.63) is 54.4 Å². The van der Waals surface area contributed by atoms with Crippen LogP contribution < -0.4 is 0 Å². The summed E-state index contributed by atoms with van der Waals surface area (Å²) >= 11 is 0. The molecule has 25 heavy (non-hydrogen) atoms. The fraction of sp³-hybridized carbons (Fsp3) is 0.294. The Morgan fingerprint density at radius 2 is 2.00 bits per heavy atom. The molecule has 1 atom stereocenters. The summed E-state index contributed by atoms with van der Waals surface area (Å²) in [7, 11) is 0. The van der Waals surface area contributed by atoms with Crippen LogP contribution in [0.5, 0.6) is 0 Å². The van der Waals surface area contributed by atoms with Gasteiger partial charge in [-0.25, -0.2) is 9.97 Å². The van der Waals surface area contributed by atoms with Gasteiger partial charge in [0.2, 0.25) is 17.5 Å². The molecule has 1 aliphatic rings. The molecule has 4 rings (SSSR count). The molecule has 8 heteroatoms. The minimum absolute atomic E-state index is 0.0755. The third-order valence-electron chi connectivity index (χ3n) is 4.16. The van der Waals surface area contributed by atoms with Gasteiger partial charge in [-0.3, -0.25) is 9.78 Å². The van der Waals surface area contributed by atoms with E-state index in [9.17, 15) is 4.79 Å². The molecule has 0 radical (unpaired) electrons. The number of likely N-dealkylation sites (tertiary alicyclic amines) is 1. The second-order valence-electron chi connectivity index (χ2n) is 5.78. The third kappa shape index (κ3) is 3.10. The van der Waals surface area contributed by atoms with E-state index in [1.807, 2.05) is 0 Å². The van der Waals surface area contributed by atoms with Crippen LogP contribution in [-0.2, 0) is 0 Å². The Labute approximate surface area is 143 Å². The van der Waals surface area contributed by atoms with Crippen LogP contribution in [-0.4, -0.2) is 42.4 Å². The van der Waals surface area contributed by atoms with Crippen molar-refractivity contribution < 1.29 is 9.32 Å². The molecule has 126 valence electrons. The molecule has 3 aromatic heterocycles. The van der Waals surface area contributed by atoms with Crippen molar-refractivity contribution in [1.82, 2.24) is 30.0 Å². The predicted molar refractivity (Wildman–Crippen MR) is 87.2 cm³/mol. The van der Waals surface area contributed by atoms with Crippen LogP contribution in [0.3, 0.4) is 0 Å². The molecular weight excluding hydrogens is 320 g/mol. The van der Waals surface area contributed by atoms with Crippen molar-refractivity contribution in [2.24, 2.45) is 0 Å². The highest BCUT2D eigenvalue weighted by molar-refractivity contribution is 5.94. The zero-order valence-corrected chi connectivity index (χ0v) is 13.4. The molecule has 0 unspecified atom stereocenters. The Morgan fingerprint density at radius 1 is 1.12 bits per heavy atom.